The molecule has 2 amide bonds. The fraction of sp³-hybridized carbons (Fsp3) is 0.471. The summed E-state index contributed by atoms with van der Waals surface area (Å²) in [6.45, 7) is 5.98. The predicted molar refractivity (Wildman–Crippen MR) is 87.0 cm³/mol. The van der Waals surface area contributed by atoms with E-state index in [0.717, 1.165) is 5.56 Å². The molecule has 23 heavy (non-hydrogen) atoms. The van der Waals surface area contributed by atoms with E-state index in [0.29, 0.717) is 25.1 Å². The van der Waals surface area contributed by atoms with Crippen LogP contribution in [0.3, 0.4) is 0 Å². The lowest BCUT2D eigenvalue weighted by Crippen LogP contribution is -2.45. The molecule has 126 valence electrons. The van der Waals surface area contributed by atoms with Crippen molar-refractivity contribution in [2.45, 2.75) is 39.7 Å². The van der Waals surface area contributed by atoms with Crippen molar-refractivity contribution in [2.75, 3.05) is 13.2 Å². The second-order valence-corrected chi connectivity index (χ2v) is 5.26. The van der Waals surface area contributed by atoms with E-state index in [1.807, 2.05) is 13.0 Å². The van der Waals surface area contributed by atoms with Crippen LogP contribution >= 0.6 is 0 Å². The lowest BCUT2D eigenvalue weighted by atomic mass is 10.1. The Morgan fingerprint density at radius 3 is 2.65 bits per heavy atom. The van der Waals surface area contributed by atoms with Gasteiger partial charge in [0.05, 0.1) is 6.61 Å². The first kappa shape index (κ1) is 18.7. The van der Waals surface area contributed by atoms with Gasteiger partial charge in [-0.3, -0.25) is 14.4 Å². The molecular weight excluding hydrogens is 296 g/mol. The summed E-state index contributed by atoms with van der Waals surface area (Å²) in [4.78, 5) is 35.1. The summed E-state index contributed by atoms with van der Waals surface area (Å²) < 4.78 is 4.80. The first-order valence-electron chi connectivity index (χ1n) is 7.75. The molecule has 0 heterocycles. The van der Waals surface area contributed by atoms with Crippen LogP contribution in [0.2, 0.25) is 0 Å². The van der Waals surface area contributed by atoms with E-state index >= 15 is 0 Å². The van der Waals surface area contributed by atoms with E-state index in [9.17, 15) is 14.4 Å². The van der Waals surface area contributed by atoms with Crippen LogP contribution < -0.4 is 10.6 Å². The number of aryl methyl sites for hydroxylation is 1. The van der Waals surface area contributed by atoms with Crippen molar-refractivity contribution >= 4 is 17.8 Å². The van der Waals surface area contributed by atoms with Gasteiger partial charge in [0, 0.05) is 18.5 Å². The molecule has 0 radical (unpaired) electrons. The third-order valence-electron chi connectivity index (χ3n) is 3.18. The zero-order chi connectivity index (χ0) is 17.2. The van der Waals surface area contributed by atoms with Crippen LogP contribution in [0.1, 0.15) is 42.6 Å². The number of carbonyl (C=O) groups excluding carboxylic acids is 3. The van der Waals surface area contributed by atoms with Gasteiger partial charge in [0.2, 0.25) is 5.91 Å². The molecule has 0 aliphatic carbocycles. The third-order valence-corrected chi connectivity index (χ3v) is 3.18. The monoisotopic (exact) mass is 320 g/mol. The lowest BCUT2D eigenvalue weighted by molar-refractivity contribution is -0.143. The van der Waals surface area contributed by atoms with Crippen LogP contribution in [0.5, 0.6) is 0 Å². The van der Waals surface area contributed by atoms with Gasteiger partial charge in [-0.2, -0.15) is 0 Å². The van der Waals surface area contributed by atoms with E-state index in [4.69, 9.17) is 4.74 Å². The van der Waals surface area contributed by atoms with Crippen LogP contribution in [-0.4, -0.2) is 37.0 Å². The highest BCUT2D eigenvalue weighted by atomic mass is 16.5. The second kappa shape index (κ2) is 9.61. The van der Waals surface area contributed by atoms with Crippen molar-refractivity contribution in [2.24, 2.45) is 0 Å². The molecule has 0 aliphatic heterocycles. The molecule has 1 rings (SSSR count). The SMILES string of the molecule is CCOC(=O)CCCNC(=O)C(C)NC(=O)c1cccc(C)c1. The maximum atomic E-state index is 12.1. The molecule has 1 aromatic rings. The summed E-state index contributed by atoms with van der Waals surface area (Å²) in [5.74, 6) is -0.847. The molecule has 1 atom stereocenters. The van der Waals surface area contributed by atoms with Crippen molar-refractivity contribution in [1.29, 1.82) is 0 Å². The summed E-state index contributed by atoms with van der Waals surface area (Å²) in [7, 11) is 0. The highest BCUT2D eigenvalue weighted by Crippen LogP contribution is 2.04. The number of benzene rings is 1. The number of rotatable bonds is 8. The summed E-state index contributed by atoms with van der Waals surface area (Å²) in [6.07, 6.45) is 0.765. The Kier molecular flexibility index (Phi) is 7.80. The topological polar surface area (TPSA) is 84.5 Å². The fourth-order valence-corrected chi connectivity index (χ4v) is 1.96. The van der Waals surface area contributed by atoms with Crippen molar-refractivity contribution in [3.05, 3.63) is 35.4 Å². The van der Waals surface area contributed by atoms with Crippen molar-refractivity contribution < 1.29 is 19.1 Å². The number of hydrogen-bond donors (Lipinski definition) is 2. The van der Waals surface area contributed by atoms with Gasteiger partial charge in [0.1, 0.15) is 6.04 Å². The minimum Gasteiger partial charge on any atom is -0.466 e. The van der Waals surface area contributed by atoms with E-state index in [-0.39, 0.29) is 24.2 Å². The maximum absolute atomic E-state index is 12.1. The van der Waals surface area contributed by atoms with Crippen molar-refractivity contribution in [1.82, 2.24) is 10.6 Å². The Balaban J connectivity index is 2.33. The Bertz CT molecular complexity index is 557. The average Bonchev–Trinajstić information content (AvgIpc) is 2.51. The largest absolute Gasteiger partial charge is 0.466 e. The molecule has 0 aromatic heterocycles. The highest BCUT2D eigenvalue weighted by molar-refractivity contribution is 5.97. The molecular formula is C17H24N2O4. The van der Waals surface area contributed by atoms with Gasteiger partial charge in [0.15, 0.2) is 0 Å². The molecule has 0 fully saturated rings. The van der Waals surface area contributed by atoms with E-state index in [1.54, 1.807) is 32.0 Å². The van der Waals surface area contributed by atoms with Gasteiger partial charge in [0.25, 0.3) is 5.91 Å². The molecule has 1 unspecified atom stereocenters. The number of esters is 1. The average molecular weight is 320 g/mol. The Morgan fingerprint density at radius 2 is 2.00 bits per heavy atom. The molecule has 0 aliphatic rings. The van der Waals surface area contributed by atoms with Crippen LogP contribution in [0.25, 0.3) is 0 Å². The third kappa shape index (κ3) is 6.95. The van der Waals surface area contributed by atoms with Crippen molar-refractivity contribution in [3.63, 3.8) is 0 Å². The predicted octanol–water partition coefficient (Wildman–Crippen LogP) is 1.57. The minimum absolute atomic E-state index is 0.262. The summed E-state index contributed by atoms with van der Waals surface area (Å²) >= 11 is 0. The van der Waals surface area contributed by atoms with E-state index in [2.05, 4.69) is 10.6 Å². The Hall–Kier alpha value is -2.37. The lowest BCUT2D eigenvalue weighted by Gasteiger charge is -2.14. The van der Waals surface area contributed by atoms with Gasteiger partial charge in [-0.25, -0.2) is 0 Å². The van der Waals surface area contributed by atoms with Crippen LogP contribution in [0.15, 0.2) is 24.3 Å². The maximum Gasteiger partial charge on any atom is 0.305 e. The molecule has 6 heteroatoms. The molecule has 0 spiro atoms. The van der Waals surface area contributed by atoms with E-state index in [1.165, 1.54) is 0 Å². The number of amides is 2. The number of hydrogen-bond acceptors (Lipinski definition) is 4. The van der Waals surface area contributed by atoms with Gasteiger partial charge < -0.3 is 15.4 Å². The molecule has 1 aromatic carbocycles. The van der Waals surface area contributed by atoms with Gasteiger partial charge >= 0.3 is 5.97 Å². The number of carbonyl (C=O) groups is 3. The number of nitrogens with one attached hydrogen (secondary N) is 2. The van der Waals surface area contributed by atoms with Gasteiger partial charge in [-0.1, -0.05) is 17.7 Å². The standard InChI is InChI=1S/C17H24N2O4/c1-4-23-15(20)9-6-10-18-16(21)13(3)19-17(22)14-8-5-7-12(2)11-14/h5,7-8,11,13H,4,6,9-10H2,1-3H3,(H,18,21)(H,19,22). The molecule has 0 saturated heterocycles. The summed E-state index contributed by atoms with van der Waals surface area (Å²) in [5.41, 5.74) is 1.50. The van der Waals surface area contributed by atoms with Gasteiger partial charge in [-0.05, 0) is 39.3 Å². The second-order valence-electron chi connectivity index (χ2n) is 5.26. The van der Waals surface area contributed by atoms with Crippen LogP contribution in [-0.2, 0) is 14.3 Å². The van der Waals surface area contributed by atoms with Crippen LogP contribution in [0.4, 0.5) is 0 Å². The van der Waals surface area contributed by atoms with Crippen LogP contribution in [0, 0.1) is 6.92 Å². The highest BCUT2D eigenvalue weighted by Gasteiger charge is 2.16. The summed E-state index contributed by atoms with van der Waals surface area (Å²) in [5, 5.41) is 5.34. The van der Waals surface area contributed by atoms with Gasteiger partial charge in [-0.15, -0.1) is 0 Å². The van der Waals surface area contributed by atoms with Crippen molar-refractivity contribution in [3.8, 4) is 0 Å². The molecule has 0 saturated carbocycles. The zero-order valence-corrected chi connectivity index (χ0v) is 13.8. The normalized spacial score (nSPS) is 11.4. The summed E-state index contributed by atoms with van der Waals surface area (Å²) in [6, 6.07) is 6.51. The Labute approximate surface area is 136 Å². The molecule has 2 N–H and O–H groups in total. The Morgan fingerprint density at radius 1 is 1.26 bits per heavy atom. The molecule has 6 nitrogen and oxygen atoms in total. The first-order chi connectivity index (χ1) is 10.9. The minimum atomic E-state index is -0.648. The quantitative estimate of drug-likeness (QED) is 0.562. The zero-order valence-electron chi connectivity index (χ0n) is 13.8. The smallest absolute Gasteiger partial charge is 0.305 e. The van der Waals surface area contributed by atoms with E-state index < -0.39 is 6.04 Å². The number of ether oxygens (including phenoxy) is 1. The fourth-order valence-electron chi connectivity index (χ4n) is 1.96. The molecule has 0 bridgehead atoms. The first-order valence-corrected chi connectivity index (χ1v) is 7.75.